The zero-order valence-corrected chi connectivity index (χ0v) is 85.8. The lowest BCUT2D eigenvalue weighted by molar-refractivity contribution is -0.660. The summed E-state index contributed by atoms with van der Waals surface area (Å²) in [7, 11) is 8.62. The third kappa shape index (κ3) is 19.7. The van der Waals surface area contributed by atoms with E-state index in [0.717, 1.165) is 0 Å². The van der Waals surface area contributed by atoms with Crippen LogP contribution < -0.4 is 18.3 Å². The number of fused-ring (bicyclic) bond motifs is 1. The summed E-state index contributed by atoms with van der Waals surface area (Å²) < 4.78 is 19.0. The minimum Gasteiger partial charge on any atom is -0.308 e. The molecule has 0 N–H and O–H groups in total. The van der Waals surface area contributed by atoms with Gasteiger partial charge in [0, 0.05) is 80.1 Å². The number of para-hydroxylation sites is 3. The molecule has 8 aromatic heterocycles. The van der Waals surface area contributed by atoms with E-state index in [-0.39, 0.29) is 0 Å². The van der Waals surface area contributed by atoms with Crippen LogP contribution in [0.15, 0.2) is 389 Å². The average molecular weight is 1830 g/mol. The highest BCUT2D eigenvalue weighted by atomic mass is 15.1. The van der Waals surface area contributed by atoms with Crippen molar-refractivity contribution in [1.29, 1.82) is 0 Å². The number of hydrogen-bond donors (Lipinski definition) is 0. The van der Waals surface area contributed by atoms with Crippen LogP contribution in [0.4, 0.5) is 0 Å². The van der Waals surface area contributed by atoms with Crippen molar-refractivity contribution in [2.45, 2.75) is 148 Å². The van der Waals surface area contributed by atoms with Gasteiger partial charge in [0.05, 0.1) is 28.3 Å². The Morgan fingerprint density at radius 1 is 0.200 bits per heavy atom. The molecule has 0 radical (unpaired) electrons. The normalized spacial score (nSPS) is 11.3. The lowest BCUT2D eigenvalue weighted by atomic mass is 9.88. The van der Waals surface area contributed by atoms with Gasteiger partial charge in [0.2, 0.25) is 22.8 Å². The van der Waals surface area contributed by atoms with E-state index in [1.807, 2.05) is 0 Å². The molecule has 0 unspecified atom stereocenters. The monoisotopic (exact) mass is 1830 g/mol. The van der Waals surface area contributed by atoms with Crippen molar-refractivity contribution >= 4 is 10.9 Å². The van der Waals surface area contributed by atoms with Crippen molar-refractivity contribution in [3.8, 4) is 146 Å². The second-order valence-electron chi connectivity index (χ2n) is 39.4. The average Bonchev–Trinajstić information content (AvgIpc) is 1.55. The molecule has 0 amide bonds. The first-order valence-electron chi connectivity index (χ1n) is 49.7. The quantitative estimate of drug-likeness (QED) is 0.0724. The molecule has 0 saturated carbocycles. The zero-order valence-electron chi connectivity index (χ0n) is 85.8. The first-order chi connectivity index (χ1) is 67.6. The van der Waals surface area contributed by atoms with Crippen molar-refractivity contribution in [2.24, 2.45) is 28.2 Å². The number of aromatic nitrogens is 8. The number of hydrogen-bond acceptors (Lipinski definition) is 0. The van der Waals surface area contributed by atoms with Gasteiger partial charge in [-0.05, 0) is 254 Å². The molecular weight excluding hydrogens is 1700 g/mol. The van der Waals surface area contributed by atoms with Crippen molar-refractivity contribution in [3.05, 3.63) is 467 Å². The molecule has 0 bridgehead atoms. The van der Waals surface area contributed by atoms with E-state index in [1.54, 1.807) is 0 Å². The Morgan fingerprint density at radius 2 is 0.471 bits per heavy atom. The van der Waals surface area contributed by atoms with Gasteiger partial charge < -0.3 is 18.3 Å². The molecular formula is C132H134N8+4. The topological polar surface area (TPSA) is 35.2 Å². The number of pyridine rings is 4. The molecule has 0 aliphatic heterocycles. The highest BCUT2D eigenvalue weighted by Crippen LogP contribution is 2.46. The Bertz CT molecular complexity index is 7700. The number of nitrogens with zero attached hydrogens (tertiary/aromatic N) is 8. The molecule has 20 aromatic rings. The van der Waals surface area contributed by atoms with Crippen LogP contribution in [0.1, 0.15) is 157 Å². The van der Waals surface area contributed by atoms with E-state index in [9.17, 15) is 0 Å². The first kappa shape index (κ1) is 96.3. The largest absolute Gasteiger partial charge is 0.308 e. The molecule has 0 spiro atoms. The van der Waals surface area contributed by atoms with Gasteiger partial charge in [-0.1, -0.05) is 340 Å². The van der Waals surface area contributed by atoms with Crippen LogP contribution in [0.2, 0.25) is 0 Å². The SMILES string of the molecule is Cc1cc(C)c(-n2c(-c3ccc(-c4ccccc4)c[n+]3C)c(C)c3ccccc32)c(C)c1.Cc1cc(C)n(-c2c(-c3ccccc3)cccc2-c2ccccc2)c1-c1ccc(-c2ccccc2)c[n+]1C.Cc1cc(C)n(-c2c(C(C)C)cc(-c3ccccc3)cc2C(C)C)c1-c1ccc(-c2ccccc2)c[n+]1C.Cc1cc(C)n(-c2c(C(C)C)cccc2C(C)C)c1-c1ccc(-c2ccccc2)c[n+]1C. The molecule has 140 heavy (non-hydrogen) atoms. The summed E-state index contributed by atoms with van der Waals surface area (Å²) in [6.45, 7) is 40.7. The molecule has 8 nitrogen and oxygen atoms in total. The molecule has 12 aromatic carbocycles. The fourth-order valence-electron chi connectivity index (χ4n) is 21.2. The minimum atomic E-state index is 0.385. The molecule has 20 rings (SSSR count). The van der Waals surface area contributed by atoms with Crippen LogP contribution in [-0.4, -0.2) is 18.3 Å². The Labute approximate surface area is 831 Å². The number of aryl methyl sites for hydroxylation is 14. The first-order valence-corrected chi connectivity index (χ1v) is 49.7. The summed E-state index contributed by atoms with van der Waals surface area (Å²) >= 11 is 0. The second-order valence-corrected chi connectivity index (χ2v) is 39.4. The van der Waals surface area contributed by atoms with Crippen LogP contribution >= 0.6 is 0 Å². The maximum absolute atomic E-state index is 2.52. The van der Waals surface area contributed by atoms with E-state index in [2.05, 4.69) is 578 Å². The van der Waals surface area contributed by atoms with Crippen molar-refractivity contribution in [3.63, 3.8) is 0 Å². The van der Waals surface area contributed by atoms with Gasteiger partial charge in [-0.3, -0.25) is 0 Å². The Balaban J connectivity index is 0.000000129. The molecule has 8 heteroatoms. The predicted molar refractivity (Wildman–Crippen MR) is 589 cm³/mol. The highest BCUT2D eigenvalue weighted by Gasteiger charge is 2.32. The Hall–Kier alpha value is -15.4. The van der Waals surface area contributed by atoms with Crippen LogP contribution in [0.3, 0.4) is 0 Å². The third-order valence-corrected chi connectivity index (χ3v) is 27.8. The van der Waals surface area contributed by atoms with Gasteiger partial charge in [-0.15, -0.1) is 0 Å². The molecule has 0 atom stereocenters. The van der Waals surface area contributed by atoms with Gasteiger partial charge in [0.1, 0.15) is 51.0 Å². The summed E-state index contributed by atoms with van der Waals surface area (Å²) in [5.41, 5.74) is 51.9. The van der Waals surface area contributed by atoms with Crippen molar-refractivity contribution in [2.75, 3.05) is 0 Å². The van der Waals surface area contributed by atoms with Gasteiger partial charge in [0.25, 0.3) is 0 Å². The lowest BCUT2D eigenvalue weighted by Gasteiger charge is -2.25. The summed E-state index contributed by atoms with van der Waals surface area (Å²) in [4.78, 5) is 0. The summed E-state index contributed by atoms with van der Waals surface area (Å²) in [5, 5.41) is 1.30. The Kier molecular flexibility index (Phi) is 28.8. The smallest absolute Gasteiger partial charge is 0.229 e. The van der Waals surface area contributed by atoms with Crippen LogP contribution in [-0.2, 0) is 28.2 Å². The van der Waals surface area contributed by atoms with Gasteiger partial charge in [0.15, 0.2) is 24.8 Å². The molecule has 0 fully saturated rings. The summed E-state index contributed by atoms with van der Waals surface area (Å²) in [6.07, 6.45) is 8.97. The second kappa shape index (κ2) is 41.9. The zero-order chi connectivity index (χ0) is 98.4. The summed E-state index contributed by atoms with van der Waals surface area (Å²) in [6, 6.07) is 131. The lowest BCUT2D eigenvalue weighted by Crippen LogP contribution is -2.31. The maximum Gasteiger partial charge on any atom is 0.229 e. The third-order valence-electron chi connectivity index (χ3n) is 27.8. The molecule has 0 saturated heterocycles. The molecule has 698 valence electrons. The Morgan fingerprint density at radius 3 is 0.786 bits per heavy atom. The van der Waals surface area contributed by atoms with Crippen LogP contribution in [0.5, 0.6) is 0 Å². The van der Waals surface area contributed by atoms with Gasteiger partial charge in [-0.25, -0.2) is 0 Å². The fourth-order valence-corrected chi connectivity index (χ4v) is 21.2. The van der Waals surface area contributed by atoms with E-state index in [4.69, 9.17) is 0 Å². The highest BCUT2D eigenvalue weighted by molar-refractivity contribution is 5.94. The van der Waals surface area contributed by atoms with Gasteiger partial charge in [-0.2, -0.15) is 18.3 Å². The van der Waals surface area contributed by atoms with E-state index in [0.29, 0.717) is 23.7 Å². The van der Waals surface area contributed by atoms with E-state index < -0.39 is 0 Å². The van der Waals surface area contributed by atoms with Crippen molar-refractivity contribution in [1.82, 2.24) is 18.3 Å². The maximum atomic E-state index is 2.52. The number of benzene rings is 12. The molecule has 0 aliphatic carbocycles. The molecule has 8 heterocycles. The summed E-state index contributed by atoms with van der Waals surface area (Å²) in [5.74, 6) is 1.67. The van der Waals surface area contributed by atoms with Crippen molar-refractivity contribution < 1.29 is 18.3 Å². The van der Waals surface area contributed by atoms with E-state index in [1.165, 1.54) is 235 Å². The fraction of sp³-hybridized carbons (Fsp3) is 0.197. The minimum absolute atomic E-state index is 0.385. The van der Waals surface area contributed by atoms with Crippen LogP contribution in [0, 0.1) is 69.2 Å². The standard InChI is InChI=1S/C36H31N2.C36H39N2.C30H29N2.C30H35N2/c1-26-24-27(2)38(35(26)34-23-22-31(25-37(34)3)28-14-7-4-8-15-28)36-32(29-16-9-5-10-17-29)20-13-21-33(36)30-18-11-6-12-19-30;1-24(2)32-21-31(29-16-12-9-13-17-29)22-33(25(3)4)36(32)38-27(6)20-26(5)35(38)34-19-18-30(23-37(34)7)28-14-10-8-11-15-28;1-20-17-21(2)29(22(3)18-20)32-27-14-10-9-13-26(27)23(4)30(32)28-16-15-25(19-31(28)5)24-11-7-6-8-12-24;1-20(2)26-14-11-15-27(21(3)4)30(26)32-23(6)18-22(5)29(32)28-17-16-25(19-31(28)7)24-12-9-8-10-13-24/h4-25H,1-3H3;8-25H,1-7H3;6-19H,1-5H3;8-21H,1-7H3/q4*+1. The van der Waals surface area contributed by atoms with Gasteiger partial charge >= 0.3 is 0 Å². The predicted octanol–water partition coefficient (Wildman–Crippen LogP) is 32.3. The number of rotatable bonds is 19. The van der Waals surface area contributed by atoms with E-state index >= 15 is 0 Å². The van der Waals surface area contributed by atoms with Crippen LogP contribution in [0.25, 0.3) is 157 Å². The molecule has 0 aliphatic rings.